The van der Waals surface area contributed by atoms with Crippen molar-refractivity contribution in [2.75, 3.05) is 19.8 Å². The third-order valence-corrected chi connectivity index (χ3v) is 6.91. The van der Waals surface area contributed by atoms with E-state index in [4.69, 9.17) is 13.8 Å². The molecule has 10 heteroatoms. The van der Waals surface area contributed by atoms with Crippen LogP contribution in [0.2, 0.25) is 0 Å². The van der Waals surface area contributed by atoms with Gasteiger partial charge in [0.05, 0.1) is 34.0 Å². The third kappa shape index (κ3) is 6.57. The van der Waals surface area contributed by atoms with Crippen LogP contribution in [0, 0.1) is 35.8 Å². The summed E-state index contributed by atoms with van der Waals surface area (Å²) in [6.07, 6.45) is 0. The lowest BCUT2D eigenvalue weighted by molar-refractivity contribution is -0.384. The van der Waals surface area contributed by atoms with E-state index in [0.29, 0.717) is 17.0 Å². The molecule has 0 spiro atoms. The Bertz CT molecular complexity index is 1030. The molecule has 2 aromatic rings. The minimum Gasteiger partial charge on any atom is -0.462 e. The van der Waals surface area contributed by atoms with Gasteiger partial charge in [-0.3, -0.25) is 15.1 Å². The first kappa shape index (κ1) is 27.8. The third-order valence-electron chi connectivity index (χ3n) is 4.80. The number of nitro benzene ring substituents is 1. The summed E-state index contributed by atoms with van der Waals surface area (Å²) >= 11 is 0. The topological polar surface area (TPSA) is 121 Å². The highest BCUT2D eigenvalue weighted by Gasteiger charge is 2.50. The predicted octanol–water partition coefficient (Wildman–Crippen LogP) is 5.18. The zero-order valence-electron chi connectivity index (χ0n) is 20.8. The first-order chi connectivity index (χ1) is 15.9. The van der Waals surface area contributed by atoms with Crippen molar-refractivity contribution in [2.45, 2.75) is 48.5 Å². The Labute approximate surface area is 201 Å². The lowest BCUT2D eigenvalue weighted by Gasteiger charge is -2.24. The number of nitrogens with zero attached hydrogens (tertiary/aromatic N) is 2. The van der Waals surface area contributed by atoms with E-state index >= 15 is 0 Å². The molecule has 0 aliphatic heterocycles. The highest BCUT2D eigenvalue weighted by Crippen LogP contribution is 2.59. The number of carbonyl (C=O) groups excluding carboxylic acids is 1. The van der Waals surface area contributed by atoms with Crippen LogP contribution in [0.5, 0.6) is 0 Å². The molecule has 0 aliphatic carbocycles. The molecule has 0 unspecified atom stereocenters. The highest BCUT2D eigenvalue weighted by molar-refractivity contribution is 7.69. The first-order valence-electron chi connectivity index (χ1n) is 11.3. The molecule has 0 radical (unpaired) electrons. The van der Waals surface area contributed by atoms with Crippen LogP contribution in [0.3, 0.4) is 0 Å². The van der Waals surface area contributed by atoms with E-state index in [0.717, 1.165) is 0 Å². The number of non-ortho nitro benzene ring substituents is 1. The summed E-state index contributed by atoms with van der Waals surface area (Å²) in [4.78, 5) is 40.4. The zero-order valence-corrected chi connectivity index (χ0v) is 21.7. The molecule has 186 valence electrons. The van der Waals surface area contributed by atoms with Crippen molar-refractivity contribution in [3.8, 4) is 11.1 Å². The van der Waals surface area contributed by atoms with E-state index in [9.17, 15) is 19.8 Å². The molecule has 0 saturated heterocycles. The van der Waals surface area contributed by atoms with Gasteiger partial charge in [0, 0.05) is 12.1 Å². The minimum absolute atomic E-state index is 0.0960. The van der Waals surface area contributed by atoms with Gasteiger partial charge in [0.1, 0.15) is 13.2 Å². The number of ether oxygens (including phenoxy) is 1. The molecule has 0 fully saturated rings. The summed E-state index contributed by atoms with van der Waals surface area (Å²) in [5, 5.41) is 11.7. The number of benzene rings is 1. The smallest absolute Gasteiger partial charge is 0.448 e. The molecule has 9 nitrogen and oxygen atoms in total. The Morgan fingerprint density at radius 2 is 1.71 bits per heavy atom. The van der Waals surface area contributed by atoms with Crippen LogP contribution < -0.4 is 5.30 Å². The molecular weight excluding hydrogens is 459 g/mol. The number of rotatable bonds is 11. The normalized spacial score (nSPS) is 11.8. The molecule has 2 rings (SSSR count). The Morgan fingerprint density at radius 3 is 2.21 bits per heavy atom. The van der Waals surface area contributed by atoms with E-state index < -0.39 is 18.8 Å². The molecule has 0 bridgehead atoms. The largest absolute Gasteiger partial charge is 0.462 e. The van der Waals surface area contributed by atoms with Crippen molar-refractivity contribution < 1.29 is 28.4 Å². The quantitative estimate of drug-likeness (QED) is 0.197. The molecule has 1 aromatic carbocycles. The Hall–Kier alpha value is -2.45. The van der Waals surface area contributed by atoms with Crippen molar-refractivity contribution in [3.63, 3.8) is 0 Å². The lowest BCUT2D eigenvalue weighted by Crippen LogP contribution is -2.28. The second-order valence-corrected chi connectivity index (χ2v) is 10.8. The van der Waals surface area contributed by atoms with Gasteiger partial charge in [-0.1, -0.05) is 39.8 Å². The van der Waals surface area contributed by atoms with E-state index in [2.05, 4.69) is 4.98 Å². The molecule has 0 atom stereocenters. The van der Waals surface area contributed by atoms with Gasteiger partial charge in [0.2, 0.25) is 5.30 Å². The number of aromatic nitrogens is 1. The van der Waals surface area contributed by atoms with Gasteiger partial charge in [-0.2, -0.15) is 13.9 Å². The number of aryl methyl sites for hydroxylation is 2. The fourth-order valence-corrected chi connectivity index (χ4v) is 5.68. The maximum Gasteiger partial charge on any atom is 0.448 e. The van der Waals surface area contributed by atoms with Gasteiger partial charge in [0.25, 0.3) is 5.69 Å². The van der Waals surface area contributed by atoms with Crippen LogP contribution >= 0.6 is 7.94 Å². The van der Waals surface area contributed by atoms with Gasteiger partial charge in [-0.05, 0) is 38.2 Å². The summed E-state index contributed by atoms with van der Waals surface area (Å²) in [6, 6.07) is 5.89. The number of hydrogen-bond acceptors (Lipinski definition) is 8. The average Bonchev–Trinajstić information content (AvgIpc) is 2.76. The van der Waals surface area contributed by atoms with Gasteiger partial charge < -0.3 is 4.74 Å². The standard InChI is InChI=1S/C24H34N2O7P/c1-8-31-24(27)21-17(6)25-18(7)23(22(21)19-10-9-11-20(12-19)26(28)29)34(30,32-13-15(2)3)33-14-16(4)5/h9-12,15-16,30H,8,13-14H2,1-7H3/q+1. The summed E-state index contributed by atoms with van der Waals surface area (Å²) < 4.78 is 17.3. The molecule has 0 aliphatic rings. The van der Waals surface area contributed by atoms with Gasteiger partial charge >= 0.3 is 13.9 Å². The summed E-state index contributed by atoms with van der Waals surface area (Å²) in [7, 11) is -3.75. The number of esters is 1. The van der Waals surface area contributed by atoms with E-state index in [-0.39, 0.29) is 53.8 Å². The van der Waals surface area contributed by atoms with E-state index in [1.807, 2.05) is 27.7 Å². The number of carbonyl (C=O) groups is 1. The molecule has 1 heterocycles. The minimum atomic E-state index is -3.75. The second-order valence-electron chi connectivity index (χ2n) is 8.81. The lowest BCUT2D eigenvalue weighted by atomic mass is 9.97. The van der Waals surface area contributed by atoms with E-state index in [1.54, 1.807) is 26.8 Å². The first-order valence-corrected chi connectivity index (χ1v) is 12.8. The maximum atomic E-state index is 13.1. The number of pyridine rings is 1. The average molecular weight is 494 g/mol. The Kier molecular flexibility index (Phi) is 9.64. The maximum absolute atomic E-state index is 13.1. The van der Waals surface area contributed by atoms with Gasteiger partial charge in [-0.15, -0.1) is 0 Å². The van der Waals surface area contributed by atoms with Crippen LogP contribution in [-0.2, 0) is 13.8 Å². The van der Waals surface area contributed by atoms with Crippen molar-refractivity contribution in [3.05, 3.63) is 51.3 Å². The van der Waals surface area contributed by atoms with Gasteiger partial charge in [-0.25, -0.2) is 4.79 Å². The van der Waals surface area contributed by atoms with Crippen LogP contribution in [0.15, 0.2) is 24.3 Å². The van der Waals surface area contributed by atoms with Gasteiger partial charge in [0.15, 0.2) is 0 Å². The Morgan fingerprint density at radius 1 is 1.12 bits per heavy atom. The molecule has 0 saturated carbocycles. The number of hydrogen-bond donors (Lipinski definition) is 1. The molecule has 0 amide bonds. The van der Waals surface area contributed by atoms with Crippen molar-refractivity contribution in [2.24, 2.45) is 11.8 Å². The summed E-state index contributed by atoms with van der Waals surface area (Å²) in [6.45, 7) is 13.4. The SMILES string of the molecule is CCOC(=O)c1c(C)nc(C)c([P+](O)(OCC(C)C)OCC(C)C)c1-c1cccc([N+](=O)[O-])c1. The van der Waals surface area contributed by atoms with Crippen molar-refractivity contribution in [1.82, 2.24) is 4.98 Å². The molecule has 1 aromatic heterocycles. The predicted molar refractivity (Wildman–Crippen MR) is 132 cm³/mol. The van der Waals surface area contributed by atoms with Crippen LogP contribution in [0.25, 0.3) is 11.1 Å². The zero-order chi connectivity index (χ0) is 25.6. The Balaban J connectivity index is 2.94. The van der Waals surface area contributed by atoms with Crippen LogP contribution in [-0.4, -0.2) is 40.6 Å². The highest BCUT2D eigenvalue weighted by atomic mass is 31.2. The molecule has 34 heavy (non-hydrogen) atoms. The second kappa shape index (κ2) is 11.8. The van der Waals surface area contributed by atoms with Crippen LogP contribution in [0.1, 0.15) is 56.4 Å². The van der Waals surface area contributed by atoms with Crippen molar-refractivity contribution in [1.29, 1.82) is 0 Å². The fraction of sp³-hybridized carbons (Fsp3) is 0.500. The van der Waals surface area contributed by atoms with Crippen LogP contribution in [0.4, 0.5) is 5.69 Å². The summed E-state index contributed by atoms with van der Waals surface area (Å²) in [5.74, 6) is -0.452. The van der Waals surface area contributed by atoms with E-state index in [1.165, 1.54) is 18.2 Å². The molecule has 1 N–H and O–H groups in total. The molecular formula is C24H34N2O7P+. The monoisotopic (exact) mass is 493 g/mol. The summed E-state index contributed by atoms with van der Waals surface area (Å²) in [5.41, 5.74) is 1.38. The fourth-order valence-electron chi connectivity index (χ4n) is 3.36. The number of nitro groups is 1. The van der Waals surface area contributed by atoms with Crippen molar-refractivity contribution >= 4 is 24.9 Å².